The first-order chi connectivity index (χ1) is 15.8. The van der Waals surface area contributed by atoms with Crippen molar-refractivity contribution >= 4 is 57.1 Å². The average molecular weight is 528 g/mol. The molecule has 0 radical (unpaired) electrons. The van der Waals surface area contributed by atoms with Gasteiger partial charge in [0, 0.05) is 15.1 Å². The van der Waals surface area contributed by atoms with Crippen LogP contribution in [0.3, 0.4) is 0 Å². The quantitative estimate of drug-likeness (QED) is 0.357. The Bertz CT molecular complexity index is 1290. The maximum absolute atomic E-state index is 13.1. The fourth-order valence-corrected chi connectivity index (χ4v) is 3.79. The highest BCUT2D eigenvalue weighted by atomic mass is 79.9. The number of phenolic OH excluding ortho intramolecular Hbond substituents is 1. The highest BCUT2D eigenvalue weighted by Crippen LogP contribution is 2.29. The molecule has 0 atom stereocenters. The Morgan fingerprint density at radius 1 is 1.03 bits per heavy atom. The number of nitrogens with one attached hydrogen (secondary N) is 1. The van der Waals surface area contributed by atoms with Crippen molar-refractivity contribution in [2.24, 2.45) is 0 Å². The van der Waals surface area contributed by atoms with E-state index in [-0.39, 0.29) is 23.6 Å². The van der Waals surface area contributed by atoms with Crippen LogP contribution < -0.4 is 15.0 Å². The summed E-state index contributed by atoms with van der Waals surface area (Å²) in [5.74, 6) is -1.21. The zero-order valence-corrected chi connectivity index (χ0v) is 19.3. The summed E-state index contributed by atoms with van der Waals surface area (Å²) in [6, 6.07) is 17.0. The number of phenols is 1. The van der Waals surface area contributed by atoms with E-state index in [0.717, 1.165) is 10.5 Å². The molecule has 1 heterocycles. The number of hydrogen-bond acceptors (Lipinski definition) is 5. The molecule has 1 fully saturated rings. The van der Waals surface area contributed by atoms with Gasteiger partial charge in [0.25, 0.3) is 11.8 Å². The van der Waals surface area contributed by atoms with Crippen molar-refractivity contribution in [1.82, 2.24) is 5.32 Å². The summed E-state index contributed by atoms with van der Waals surface area (Å²) in [4.78, 5) is 38.8. The molecule has 0 aromatic heterocycles. The third-order valence-electron chi connectivity index (χ3n) is 4.76. The van der Waals surface area contributed by atoms with Crippen molar-refractivity contribution in [1.29, 1.82) is 0 Å². The first-order valence-corrected chi connectivity index (χ1v) is 10.9. The SMILES string of the molecule is O=C1NC(=O)N(c2ccc(O)cc2)C(=O)/C1=C/c1cc(Br)ccc1OCc1cccc(Cl)c1. The number of anilines is 1. The van der Waals surface area contributed by atoms with E-state index in [9.17, 15) is 19.5 Å². The van der Waals surface area contributed by atoms with Crippen LogP contribution in [0, 0.1) is 0 Å². The highest BCUT2D eigenvalue weighted by Gasteiger charge is 2.37. The molecular formula is C24H16BrClN2O5. The van der Waals surface area contributed by atoms with Gasteiger partial charge in [-0.2, -0.15) is 0 Å². The van der Waals surface area contributed by atoms with Crippen LogP contribution in [0.5, 0.6) is 11.5 Å². The molecule has 0 unspecified atom stereocenters. The lowest BCUT2D eigenvalue weighted by atomic mass is 10.1. The van der Waals surface area contributed by atoms with Crippen LogP contribution in [0.2, 0.25) is 5.02 Å². The number of benzene rings is 3. The molecule has 1 aliphatic heterocycles. The molecular weight excluding hydrogens is 512 g/mol. The molecule has 9 heteroatoms. The van der Waals surface area contributed by atoms with Crippen molar-refractivity contribution in [3.8, 4) is 11.5 Å². The number of ether oxygens (including phenoxy) is 1. The van der Waals surface area contributed by atoms with Crippen molar-refractivity contribution in [2.75, 3.05) is 4.90 Å². The van der Waals surface area contributed by atoms with E-state index in [1.807, 2.05) is 12.1 Å². The number of hydrogen-bond donors (Lipinski definition) is 2. The van der Waals surface area contributed by atoms with Gasteiger partial charge < -0.3 is 9.84 Å². The van der Waals surface area contributed by atoms with Crippen LogP contribution in [0.25, 0.3) is 6.08 Å². The number of imide groups is 2. The smallest absolute Gasteiger partial charge is 0.335 e. The van der Waals surface area contributed by atoms with E-state index in [4.69, 9.17) is 16.3 Å². The van der Waals surface area contributed by atoms with Gasteiger partial charge in [0.1, 0.15) is 23.7 Å². The Kier molecular flexibility index (Phi) is 6.48. The Morgan fingerprint density at radius 3 is 2.52 bits per heavy atom. The molecule has 0 aliphatic carbocycles. The summed E-state index contributed by atoms with van der Waals surface area (Å²) in [6.45, 7) is 0.219. The number of nitrogens with zero attached hydrogens (tertiary/aromatic N) is 1. The minimum absolute atomic E-state index is 0.0221. The summed E-state index contributed by atoms with van der Waals surface area (Å²) < 4.78 is 6.62. The van der Waals surface area contributed by atoms with Crippen molar-refractivity contribution < 1.29 is 24.2 Å². The van der Waals surface area contributed by atoms with Crippen molar-refractivity contribution in [3.05, 3.63) is 92.9 Å². The normalized spacial score (nSPS) is 15.0. The summed E-state index contributed by atoms with van der Waals surface area (Å²) in [6.07, 6.45) is 1.37. The van der Waals surface area contributed by atoms with Gasteiger partial charge in [-0.15, -0.1) is 0 Å². The molecule has 33 heavy (non-hydrogen) atoms. The predicted molar refractivity (Wildman–Crippen MR) is 127 cm³/mol. The van der Waals surface area contributed by atoms with Gasteiger partial charge in [-0.1, -0.05) is 39.7 Å². The summed E-state index contributed by atoms with van der Waals surface area (Å²) in [5.41, 5.74) is 1.28. The molecule has 3 aromatic rings. The van der Waals surface area contributed by atoms with Crippen LogP contribution in [-0.4, -0.2) is 23.0 Å². The van der Waals surface area contributed by atoms with Crippen molar-refractivity contribution in [2.45, 2.75) is 6.61 Å². The molecule has 2 N–H and O–H groups in total. The second-order valence-corrected chi connectivity index (χ2v) is 8.43. The molecule has 1 saturated heterocycles. The molecule has 1 aliphatic rings. The standard InChI is InChI=1S/C24H16BrClN2O5/c25-16-4-9-21(33-13-14-2-1-3-17(26)10-14)15(11-16)12-20-22(30)27-24(32)28(23(20)31)18-5-7-19(29)8-6-18/h1-12,29H,13H2,(H,27,30,32)/b20-12+. The maximum atomic E-state index is 13.1. The number of rotatable bonds is 5. The number of urea groups is 1. The first-order valence-electron chi connectivity index (χ1n) is 9.69. The number of carbonyl (C=O) groups is 3. The molecule has 4 amide bonds. The fourth-order valence-electron chi connectivity index (χ4n) is 3.20. The third kappa shape index (κ3) is 5.08. The van der Waals surface area contributed by atoms with Crippen LogP contribution >= 0.6 is 27.5 Å². The maximum Gasteiger partial charge on any atom is 0.335 e. The van der Waals surface area contributed by atoms with E-state index in [1.165, 1.54) is 30.3 Å². The summed E-state index contributed by atoms with van der Waals surface area (Å²) in [7, 11) is 0. The molecule has 166 valence electrons. The molecule has 0 spiro atoms. The van der Waals surface area contributed by atoms with Gasteiger partial charge in [0.05, 0.1) is 5.69 Å². The number of aromatic hydroxyl groups is 1. The summed E-state index contributed by atoms with van der Waals surface area (Å²) >= 11 is 9.41. The lowest BCUT2D eigenvalue weighted by Crippen LogP contribution is -2.54. The number of carbonyl (C=O) groups excluding carboxylic acids is 3. The van der Waals surface area contributed by atoms with Crippen molar-refractivity contribution in [3.63, 3.8) is 0 Å². The van der Waals surface area contributed by atoms with E-state index >= 15 is 0 Å². The third-order valence-corrected chi connectivity index (χ3v) is 5.49. The Hall–Kier alpha value is -3.62. The first kappa shape index (κ1) is 22.6. The number of barbiturate groups is 1. The topological polar surface area (TPSA) is 95.9 Å². The highest BCUT2D eigenvalue weighted by molar-refractivity contribution is 9.10. The lowest BCUT2D eigenvalue weighted by Gasteiger charge is -2.26. The fraction of sp³-hybridized carbons (Fsp3) is 0.0417. The number of halogens is 2. The minimum Gasteiger partial charge on any atom is -0.508 e. The second-order valence-electron chi connectivity index (χ2n) is 7.07. The van der Waals surface area contributed by atoms with Gasteiger partial charge in [-0.05, 0) is 66.2 Å². The van der Waals surface area contributed by atoms with Crippen LogP contribution in [-0.2, 0) is 16.2 Å². The minimum atomic E-state index is -0.875. The average Bonchev–Trinajstić information content (AvgIpc) is 2.77. The van der Waals surface area contributed by atoms with Gasteiger partial charge in [0.2, 0.25) is 0 Å². The Morgan fingerprint density at radius 2 is 1.79 bits per heavy atom. The van der Waals surface area contributed by atoms with E-state index in [1.54, 1.807) is 30.3 Å². The second kappa shape index (κ2) is 9.48. The van der Waals surface area contributed by atoms with Gasteiger partial charge in [-0.3, -0.25) is 14.9 Å². The lowest BCUT2D eigenvalue weighted by molar-refractivity contribution is -0.122. The van der Waals surface area contributed by atoms with Gasteiger partial charge in [-0.25, -0.2) is 9.69 Å². The van der Waals surface area contributed by atoms with Crippen LogP contribution in [0.15, 0.2) is 76.8 Å². The predicted octanol–water partition coefficient (Wildman–Crippen LogP) is 5.05. The van der Waals surface area contributed by atoms with Gasteiger partial charge >= 0.3 is 6.03 Å². The van der Waals surface area contributed by atoms with Crippen LogP contribution in [0.1, 0.15) is 11.1 Å². The van der Waals surface area contributed by atoms with Crippen LogP contribution in [0.4, 0.5) is 10.5 Å². The van der Waals surface area contributed by atoms with E-state index < -0.39 is 17.8 Å². The van der Waals surface area contributed by atoms with E-state index in [0.29, 0.717) is 20.8 Å². The Labute approximate surface area is 202 Å². The van der Waals surface area contributed by atoms with E-state index in [2.05, 4.69) is 21.2 Å². The summed E-state index contributed by atoms with van der Waals surface area (Å²) in [5, 5.41) is 12.2. The molecule has 7 nitrogen and oxygen atoms in total. The van der Waals surface area contributed by atoms with Gasteiger partial charge in [0.15, 0.2) is 0 Å². The largest absolute Gasteiger partial charge is 0.508 e. The zero-order valence-electron chi connectivity index (χ0n) is 16.9. The molecule has 0 bridgehead atoms. The number of amides is 4. The molecule has 0 saturated carbocycles. The Balaban J connectivity index is 1.67. The zero-order chi connectivity index (χ0) is 23.5. The monoisotopic (exact) mass is 526 g/mol. The molecule has 4 rings (SSSR count). The molecule has 3 aromatic carbocycles.